The molecule has 1 fully saturated rings. The summed E-state index contributed by atoms with van der Waals surface area (Å²) in [7, 11) is 3.59. The average molecular weight is 291 g/mol. The maximum absolute atomic E-state index is 12.0. The normalized spacial score (nSPS) is 19.4. The first-order chi connectivity index (χ1) is 10.1. The van der Waals surface area contributed by atoms with Gasteiger partial charge in [-0.05, 0) is 25.9 Å². The molecule has 0 radical (unpaired) electrons. The number of carbonyl (C=O) groups excluding carboxylic acids is 1. The van der Waals surface area contributed by atoms with Gasteiger partial charge in [-0.2, -0.15) is 0 Å². The summed E-state index contributed by atoms with van der Waals surface area (Å²) in [5.74, 6) is 1.02. The van der Waals surface area contributed by atoms with E-state index in [2.05, 4.69) is 15.7 Å². The second-order valence-corrected chi connectivity index (χ2v) is 6.28. The molecule has 0 saturated carbocycles. The van der Waals surface area contributed by atoms with Crippen LogP contribution in [0, 0.1) is 0 Å². The summed E-state index contributed by atoms with van der Waals surface area (Å²) in [6.45, 7) is 5.56. The number of nitrogens with zero attached hydrogens (tertiary/aromatic N) is 5. The van der Waals surface area contributed by atoms with Crippen molar-refractivity contribution in [2.75, 3.05) is 33.7 Å². The smallest absolute Gasteiger partial charge is 0.319 e. The number of likely N-dealkylation sites (tertiary alicyclic amines) is 1. The summed E-state index contributed by atoms with van der Waals surface area (Å²) in [4.78, 5) is 22.8. The standard InChI is InChI=1S/C15H25N5O/c1-17(2)15(21)20-9-8-19-11-13(16-14(19)12-20)10-18-6-4-3-5-7-18/h11H,3-10,12H2,1-2H3. The van der Waals surface area contributed by atoms with Crippen LogP contribution in [0.1, 0.15) is 30.8 Å². The number of imidazole rings is 1. The fourth-order valence-corrected chi connectivity index (χ4v) is 3.18. The second kappa shape index (κ2) is 6.05. The molecular weight excluding hydrogens is 266 g/mol. The molecule has 2 amide bonds. The zero-order valence-electron chi connectivity index (χ0n) is 13.1. The number of fused-ring (bicyclic) bond motifs is 1. The molecule has 0 aliphatic carbocycles. The monoisotopic (exact) mass is 291 g/mol. The molecule has 1 aromatic rings. The van der Waals surface area contributed by atoms with Crippen molar-refractivity contribution >= 4 is 6.03 Å². The third kappa shape index (κ3) is 3.20. The lowest BCUT2D eigenvalue weighted by Crippen LogP contribution is -2.43. The van der Waals surface area contributed by atoms with Crippen LogP contribution in [0.3, 0.4) is 0 Å². The predicted molar refractivity (Wildman–Crippen MR) is 80.8 cm³/mol. The van der Waals surface area contributed by atoms with Crippen LogP contribution in [0.25, 0.3) is 0 Å². The highest BCUT2D eigenvalue weighted by Crippen LogP contribution is 2.17. The van der Waals surface area contributed by atoms with E-state index in [0.29, 0.717) is 6.54 Å². The number of aromatic nitrogens is 2. The van der Waals surface area contributed by atoms with Crippen LogP contribution >= 0.6 is 0 Å². The van der Waals surface area contributed by atoms with Crippen LogP contribution in [0.4, 0.5) is 4.79 Å². The van der Waals surface area contributed by atoms with Gasteiger partial charge < -0.3 is 14.4 Å². The lowest BCUT2D eigenvalue weighted by molar-refractivity contribution is 0.156. The predicted octanol–water partition coefficient (Wildman–Crippen LogP) is 1.37. The van der Waals surface area contributed by atoms with Crippen molar-refractivity contribution in [3.8, 4) is 0 Å². The number of amides is 2. The summed E-state index contributed by atoms with van der Waals surface area (Å²) in [5, 5.41) is 0. The van der Waals surface area contributed by atoms with Gasteiger partial charge in [0.25, 0.3) is 0 Å². The Morgan fingerprint density at radius 1 is 1.19 bits per heavy atom. The minimum atomic E-state index is 0.0711. The van der Waals surface area contributed by atoms with E-state index in [1.165, 1.54) is 32.4 Å². The molecule has 2 aliphatic rings. The third-order valence-corrected chi connectivity index (χ3v) is 4.34. The fraction of sp³-hybridized carbons (Fsp3) is 0.733. The van der Waals surface area contributed by atoms with Gasteiger partial charge in [0, 0.05) is 39.9 Å². The quantitative estimate of drug-likeness (QED) is 0.826. The van der Waals surface area contributed by atoms with Crippen molar-refractivity contribution < 1.29 is 4.79 Å². The molecule has 1 saturated heterocycles. The molecule has 21 heavy (non-hydrogen) atoms. The Balaban J connectivity index is 1.65. The van der Waals surface area contributed by atoms with Crippen molar-refractivity contribution in [3.63, 3.8) is 0 Å². The van der Waals surface area contributed by atoms with Gasteiger partial charge >= 0.3 is 6.03 Å². The number of hydrogen-bond donors (Lipinski definition) is 0. The number of rotatable bonds is 2. The van der Waals surface area contributed by atoms with Gasteiger partial charge in [-0.15, -0.1) is 0 Å². The second-order valence-electron chi connectivity index (χ2n) is 6.28. The molecule has 3 rings (SSSR count). The Morgan fingerprint density at radius 2 is 1.95 bits per heavy atom. The molecule has 3 heterocycles. The Kier molecular flexibility index (Phi) is 4.14. The van der Waals surface area contributed by atoms with E-state index in [-0.39, 0.29) is 6.03 Å². The van der Waals surface area contributed by atoms with Gasteiger partial charge in [-0.3, -0.25) is 4.90 Å². The molecule has 0 unspecified atom stereocenters. The molecule has 6 heteroatoms. The molecule has 6 nitrogen and oxygen atoms in total. The van der Waals surface area contributed by atoms with Crippen LogP contribution < -0.4 is 0 Å². The van der Waals surface area contributed by atoms with Crippen molar-refractivity contribution in [1.82, 2.24) is 24.3 Å². The van der Waals surface area contributed by atoms with E-state index in [1.54, 1.807) is 19.0 Å². The summed E-state index contributed by atoms with van der Waals surface area (Å²) >= 11 is 0. The highest BCUT2D eigenvalue weighted by molar-refractivity contribution is 5.73. The van der Waals surface area contributed by atoms with Gasteiger partial charge in [-0.25, -0.2) is 9.78 Å². The number of urea groups is 1. The van der Waals surface area contributed by atoms with Gasteiger partial charge in [-0.1, -0.05) is 6.42 Å². The molecule has 0 bridgehead atoms. The van der Waals surface area contributed by atoms with Gasteiger partial charge in [0.1, 0.15) is 5.82 Å². The van der Waals surface area contributed by atoms with Crippen LogP contribution in [-0.4, -0.2) is 64.0 Å². The Bertz CT molecular complexity index is 504. The van der Waals surface area contributed by atoms with E-state index >= 15 is 0 Å². The molecule has 116 valence electrons. The van der Waals surface area contributed by atoms with E-state index in [4.69, 9.17) is 4.98 Å². The lowest BCUT2D eigenvalue weighted by atomic mass is 10.1. The molecule has 0 atom stereocenters. The molecule has 0 N–H and O–H groups in total. The first-order valence-electron chi connectivity index (χ1n) is 7.87. The fourth-order valence-electron chi connectivity index (χ4n) is 3.18. The lowest BCUT2D eigenvalue weighted by Gasteiger charge is -2.29. The number of hydrogen-bond acceptors (Lipinski definition) is 3. The first-order valence-corrected chi connectivity index (χ1v) is 7.87. The third-order valence-electron chi connectivity index (χ3n) is 4.34. The van der Waals surface area contributed by atoms with Crippen molar-refractivity contribution in [2.45, 2.75) is 38.9 Å². The zero-order valence-corrected chi connectivity index (χ0v) is 13.1. The van der Waals surface area contributed by atoms with E-state index in [0.717, 1.165) is 31.2 Å². The van der Waals surface area contributed by atoms with Crippen molar-refractivity contribution in [3.05, 3.63) is 17.7 Å². The molecule has 0 aromatic carbocycles. The maximum atomic E-state index is 12.0. The summed E-state index contributed by atoms with van der Waals surface area (Å²) in [5.41, 5.74) is 1.14. The van der Waals surface area contributed by atoms with Crippen molar-refractivity contribution in [1.29, 1.82) is 0 Å². The van der Waals surface area contributed by atoms with E-state index in [9.17, 15) is 4.79 Å². The van der Waals surface area contributed by atoms with Crippen LogP contribution in [0.15, 0.2) is 6.20 Å². The topological polar surface area (TPSA) is 44.6 Å². The molecule has 0 spiro atoms. The van der Waals surface area contributed by atoms with E-state index < -0.39 is 0 Å². The highest BCUT2D eigenvalue weighted by atomic mass is 16.2. The van der Waals surface area contributed by atoms with Crippen LogP contribution in [0.5, 0.6) is 0 Å². The summed E-state index contributed by atoms with van der Waals surface area (Å²) in [6, 6.07) is 0.0711. The van der Waals surface area contributed by atoms with Gasteiger partial charge in [0.05, 0.1) is 12.2 Å². The Labute approximate surface area is 126 Å². The minimum absolute atomic E-state index is 0.0711. The number of piperidine rings is 1. The SMILES string of the molecule is CN(C)C(=O)N1CCn2cc(CN3CCCCC3)nc2C1. The average Bonchev–Trinajstić information content (AvgIpc) is 2.88. The summed E-state index contributed by atoms with van der Waals surface area (Å²) < 4.78 is 2.21. The minimum Gasteiger partial charge on any atom is -0.331 e. The molecular formula is C15H25N5O. The summed E-state index contributed by atoms with van der Waals surface area (Å²) in [6.07, 6.45) is 6.14. The Morgan fingerprint density at radius 3 is 2.67 bits per heavy atom. The molecule has 1 aromatic heterocycles. The van der Waals surface area contributed by atoms with Gasteiger partial charge in [0.2, 0.25) is 0 Å². The van der Waals surface area contributed by atoms with E-state index in [1.807, 2.05) is 4.90 Å². The van der Waals surface area contributed by atoms with Crippen molar-refractivity contribution in [2.24, 2.45) is 0 Å². The first kappa shape index (κ1) is 14.4. The van der Waals surface area contributed by atoms with Crippen LogP contribution in [0.2, 0.25) is 0 Å². The number of carbonyl (C=O) groups is 1. The van der Waals surface area contributed by atoms with Crippen LogP contribution in [-0.2, 0) is 19.6 Å². The zero-order chi connectivity index (χ0) is 14.8. The maximum Gasteiger partial charge on any atom is 0.319 e. The Hall–Kier alpha value is -1.56. The largest absolute Gasteiger partial charge is 0.331 e. The highest BCUT2D eigenvalue weighted by Gasteiger charge is 2.24. The van der Waals surface area contributed by atoms with Gasteiger partial charge in [0.15, 0.2) is 0 Å². The molecule has 2 aliphatic heterocycles.